The Kier molecular flexibility index (Phi) is 9.71. The lowest BCUT2D eigenvalue weighted by atomic mass is 10.1. The van der Waals surface area contributed by atoms with Crippen molar-refractivity contribution in [1.29, 1.82) is 0 Å². The molecule has 1 atom stereocenters. The first-order chi connectivity index (χ1) is 16.3. The van der Waals surface area contributed by atoms with Gasteiger partial charge in [0.15, 0.2) is 0 Å². The molecule has 2 aromatic carbocycles. The maximum atomic E-state index is 13.6. The summed E-state index contributed by atoms with van der Waals surface area (Å²) in [5.74, 6) is -0.200. The Balaban J connectivity index is 2.43. The third-order valence-corrected chi connectivity index (χ3v) is 6.73. The highest BCUT2D eigenvalue weighted by Gasteiger charge is 2.31. The van der Waals surface area contributed by atoms with Gasteiger partial charge in [0.2, 0.25) is 21.8 Å². The second kappa shape index (κ2) is 12.1. The largest absolute Gasteiger partial charge is 0.495 e. The first-order valence-electron chi connectivity index (χ1n) is 11.6. The molecular weight excluding hydrogens is 466 g/mol. The fourth-order valence-corrected chi connectivity index (χ4v) is 4.36. The third kappa shape index (κ3) is 7.99. The van der Waals surface area contributed by atoms with Crippen LogP contribution in [0.5, 0.6) is 5.75 Å². The van der Waals surface area contributed by atoms with Crippen molar-refractivity contribution in [3.8, 4) is 5.75 Å². The van der Waals surface area contributed by atoms with E-state index in [2.05, 4.69) is 5.32 Å². The Hall–Kier alpha value is -3.07. The first kappa shape index (κ1) is 28.2. The van der Waals surface area contributed by atoms with Gasteiger partial charge in [-0.2, -0.15) is 0 Å². The summed E-state index contributed by atoms with van der Waals surface area (Å²) in [4.78, 5) is 27.9. The van der Waals surface area contributed by atoms with E-state index in [1.165, 1.54) is 12.0 Å². The van der Waals surface area contributed by atoms with E-state index in [-0.39, 0.29) is 24.1 Å². The number of aryl methyl sites for hydroxylation is 2. The Morgan fingerprint density at radius 2 is 1.60 bits per heavy atom. The lowest BCUT2D eigenvalue weighted by Crippen LogP contribution is -2.51. The highest BCUT2D eigenvalue weighted by molar-refractivity contribution is 7.92. The average molecular weight is 504 g/mol. The monoisotopic (exact) mass is 503 g/mol. The van der Waals surface area contributed by atoms with E-state index in [0.29, 0.717) is 12.3 Å². The minimum absolute atomic E-state index is 0.165. The van der Waals surface area contributed by atoms with Gasteiger partial charge in [-0.1, -0.05) is 49.7 Å². The number of amides is 2. The molecule has 0 spiro atoms. The average Bonchev–Trinajstić information content (AvgIpc) is 2.79. The van der Waals surface area contributed by atoms with Crippen molar-refractivity contribution in [2.45, 2.75) is 47.2 Å². The number of nitrogens with zero attached hydrogens (tertiary/aromatic N) is 2. The van der Waals surface area contributed by atoms with Crippen LogP contribution in [-0.2, 0) is 26.2 Å². The van der Waals surface area contributed by atoms with Crippen LogP contribution in [0.25, 0.3) is 0 Å². The summed E-state index contributed by atoms with van der Waals surface area (Å²) >= 11 is 0. The van der Waals surface area contributed by atoms with Crippen LogP contribution in [0.4, 0.5) is 5.69 Å². The molecule has 0 radical (unpaired) electrons. The lowest BCUT2D eigenvalue weighted by molar-refractivity contribution is -0.139. The van der Waals surface area contributed by atoms with Crippen molar-refractivity contribution in [3.05, 3.63) is 59.2 Å². The zero-order chi connectivity index (χ0) is 26.3. The summed E-state index contributed by atoms with van der Waals surface area (Å²) in [7, 11) is -2.39. The molecule has 0 aliphatic carbocycles. The smallest absolute Gasteiger partial charge is 0.244 e. The van der Waals surface area contributed by atoms with Crippen LogP contribution in [-0.4, -0.2) is 57.6 Å². The standard InChI is InChI=1S/C26H37N3O5S/c1-18(2)15-27-26(31)21(5)28(16-22-11-8-19(3)9-12-22)25(30)17-29(35(7,32)33)23-14-20(4)10-13-24(23)34-6/h8-14,18,21H,15-17H2,1-7H3,(H,27,31). The lowest BCUT2D eigenvalue weighted by Gasteiger charge is -2.32. The van der Waals surface area contributed by atoms with Gasteiger partial charge in [0.05, 0.1) is 19.1 Å². The molecule has 0 aliphatic rings. The summed E-state index contributed by atoms with van der Waals surface area (Å²) in [5, 5.41) is 2.87. The van der Waals surface area contributed by atoms with Crippen molar-refractivity contribution in [3.63, 3.8) is 0 Å². The van der Waals surface area contributed by atoms with Crippen LogP contribution in [0.1, 0.15) is 37.5 Å². The maximum Gasteiger partial charge on any atom is 0.244 e. The van der Waals surface area contributed by atoms with Crippen molar-refractivity contribution >= 4 is 27.5 Å². The molecule has 8 nitrogen and oxygen atoms in total. The molecule has 0 aromatic heterocycles. The first-order valence-corrected chi connectivity index (χ1v) is 13.4. The zero-order valence-corrected chi connectivity index (χ0v) is 22.5. The van der Waals surface area contributed by atoms with E-state index in [1.54, 1.807) is 25.1 Å². The number of sulfonamides is 1. The highest BCUT2D eigenvalue weighted by atomic mass is 32.2. The summed E-state index contributed by atoms with van der Waals surface area (Å²) in [5.41, 5.74) is 3.01. The van der Waals surface area contributed by atoms with Gasteiger partial charge >= 0.3 is 0 Å². The van der Waals surface area contributed by atoms with Crippen molar-refractivity contribution in [2.24, 2.45) is 5.92 Å². The van der Waals surface area contributed by atoms with E-state index >= 15 is 0 Å². The molecule has 0 fully saturated rings. The van der Waals surface area contributed by atoms with Gasteiger partial charge < -0.3 is 15.0 Å². The molecule has 1 unspecified atom stereocenters. The van der Waals surface area contributed by atoms with Crippen LogP contribution < -0.4 is 14.4 Å². The number of nitrogens with one attached hydrogen (secondary N) is 1. The van der Waals surface area contributed by atoms with E-state index in [1.807, 2.05) is 52.0 Å². The topological polar surface area (TPSA) is 96.0 Å². The Morgan fingerprint density at radius 3 is 2.14 bits per heavy atom. The summed E-state index contributed by atoms with van der Waals surface area (Å²) < 4.78 is 31.9. The second-order valence-electron chi connectivity index (χ2n) is 9.27. The molecule has 0 saturated heterocycles. The van der Waals surface area contributed by atoms with Gasteiger partial charge in [-0.25, -0.2) is 8.42 Å². The maximum absolute atomic E-state index is 13.6. The number of ether oxygens (including phenoxy) is 1. The van der Waals surface area contributed by atoms with E-state index in [4.69, 9.17) is 4.74 Å². The molecule has 192 valence electrons. The van der Waals surface area contributed by atoms with Crippen LogP contribution in [0.15, 0.2) is 42.5 Å². The number of hydrogen-bond donors (Lipinski definition) is 1. The van der Waals surface area contributed by atoms with Crippen LogP contribution in [0.3, 0.4) is 0 Å². The molecule has 0 bridgehead atoms. The van der Waals surface area contributed by atoms with Gasteiger partial charge in [-0.3, -0.25) is 13.9 Å². The number of hydrogen-bond acceptors (Lipinski definition) is 5. The molecule has 9 heteroatoms. The van der Waals surface area contributed by atoms with Crippen LogP contribution >= 0.6 is 0 Å². The second-order valence-corrected chi connectivity index (χ2v) is 11.2. The minimum Gasteiger partial charge on any atom is -0.495 e. The molecule has 0 aliphatic heterocycles. The summed E-state index contributed by atoms with van der Waals surface area (Å²) in [6, 6.07) is 12.0. The van der Waals surface area contributed by atoms with Gasteiger partial charge in [0.1, 0.15) is 18.3 Å². The Bertz CT molecular complexity index is 1130. The molecule has 1 N–H and O–H groups in total. The SMILES string of the molecule is COc1ccc(C)cc1N(CC(=O)N(Cc1ccc(C)cc1)C(C)C(=O)NCC(C)C)S(C)(=O)=O. The predicted octanol–water partition coefficient (Wildman–Crippen LogP) is 3.27. The van der Waals surface area contributed by atoms with Gasteiger partial charge in [0.25, 0.3) is 0 Å². The Morgan fingerprint density at radius 1 is 1.00 bits per heavy atom. The Labute approximate surface area is 209 Å². The number of benzene rings is 2. The van der Waals surface area contributed by atoms with Gasteiger partial charge in [-0.15, -0.1) is 0 Å². The van der Waals surface area contributed by atoms with Crippen molar-refractivity contribution < 1.29 is 22.7 Å². The molecular formula is C26H37N3O5S. The molecule has 0 saturated carbocycles. The van der Waals surface area contributed by atoms with E-state index in [0.717, 1.165) is 27.3 Å². The number of anilines is 1. The molecule has 2 aromatic rings. The molecule has 0 heterocycles. The van der Waals surface area contributed by atoms with Crippen LogP contribution in [0.2, 0.25) is 0 Å². The normalized spacial score (nSPS) is 12.2. The fourth-order valence-electron chi connectivity index (χ4n) is 3.51. The zero-order valence-electron chi connectivity index (χ0n) is 21.7. The highest BCUT2D eigenvalue weighted by Crippen LogP contribution is 2.31. The number of carbonyl (C=O) groups excluding carboxylic acids is 2. The summed E-state index contributed by atoms with van der Waals surface area (Å²) in [6.07, 6.45) is 1.05. The van der Waals surface area contributed by atoms with E-state index < -0.39 is 28.5 Å². The quantitative estimate of drug-likeness (QED) is 0.508. The van der Waals surface area contributed by atoms with Gasteiger partial charge in [0, 0.05) is 13.1 Å². The van der Waals surface area contributed by atoms with Crippen molar-refractivity contribution in [1.82, 2.24) is 10.2 Å². The minimum atomic E-state index is -3.84. The molecule has 35 heavy (non-hydrogen) atoms. The number of methoxy groups -OCH3 is 1. The van der Waals surface area contributed by atoms with Crippen molar-refractivity contribution in [2.75, 3.05) is 30.8 Å². The number of carbonyl (C=O) groups is 2. The fraction of sp³-hybridized carbons (Fsp3) is 0.462. The van der Waals surface area contributed by atoms with Gasteiger partial charge in [-0.05, 0) is 49.9 Å². The molecule has 2 rings (SSSR count). The predicted molar refractivity (Wildman–Crippen MR) is 139 cm³/mol. The number of rotatable bonds is 11. The molecule has 2 amide bonds. The third-order valence-electron chi connectivity index (χ3n) is 5.61. The van der Waals surface area contributed by atoms with E-state index in [9.17, 15) is 18.0 Å². The summed E-state index contributed by atoms with van der Waals surface area (Å²) in [6.45, 7) is 9.60. The van der Waals surface area contributed by atoms with Crippen LogP contribution in [0, 0.1) is 19.8 Å².